The molecule has 5 nitrogen and oxygen atoms in total. The SMILES string of the molecule is CC(C)=CCCC(C)CCN[C@@H](C)C(=O)N1C(=O)C(C)c2ccccc2-c2c(N)cccc21. The zero-order valence-electron chi connectivity index (χ0n) is 20.5. The van der Waals surface area contributed by atoms with Crippen molar-refractivity contribution in [2.75, 3.05) is 17.2 Å². The third-order valence-corrected chi connectivity index (χ3v) is 6.49. The maximum atomic E-state index is 13.5. The minimum Gasteiger partial charge on any atom is -0.398 e. The van der Waals surface area contributed by atoms with Crippen molar-refractivity contribution in [2.45, 2.75) is 65.8 Å². The van der Waals surface area contributed by atoms with Crippen LogP contribution >= 0.6 is 0 Å². The molecule has 2 amide bonds. The first-order valence-electron chi connectivity index (χ1n) is 11.9. The summed E-state index contributed by atoms with van der Waals surface area (Å²) in [5, 5.41) is 3.34. The lowest BCUT2D eigenvalue weighted by atomic mass is 9.92. The van der Waals surface area contributed by atoms with Crippen LogP contribution in [-0.4, -0.2) is 24.4 Å². The fourth-order valence-electron chi connectivity index (χ4n) is 4.44. The van der Waals surface area contributed by atoms with Crippen LogP contribution in [0.2, 0.25) is 0 Å². The van der Waals surface area contributed by atoms with Crippen molar-refractivity contribution in [2.24, 2.45) is 5.92 Å². The van der Waals surface area contributed by atoms with Gasteiger partial charge in [-0.2, -0.15) is 0 Å². The van der Waals surface area contributed by atoms with Gasteiger partial charge in [0.05, 0.1) is 17.6 Å². The highest BCUT2D eigenvalue weighted by Crippen LogP contribution is 2.44. The van der Waals surface area contributed by atoms with E-state index in [1.54, 1.807) is 6.07 Å². The molecule has 0 spiro atoms. The number of imide groups is 1. The van der Waals surface area contributed by atoms with Gasteiger partial charge in [0.2, 0.25) is 5.91 Å². The average molecular weight is 448 g/mol. The van der Waals surface area contributed by atoms with Gasteiger partial charge in [-0.15, -0.1) is 0 Å². The number of rotatable bonds is 8. The number of carbonyl (C=O) groups is 2. The van der Waals surface area contributed by atoms with Crippen molar-refractivity contribution < 1.29 is 9.59 Å². The van der Waals surface area contributed by atoms with Gasteiger partial charge in [-0.25, -0.2) is 4.90 Å². The Kier molecular flexibility index (Phi) is 8.09. The average Bonchev–Trinajstić information content (AvgIpc) is 2.87. The molecule has 0 fully saturated rings. The highest BCUT2D eigenvalue weighted by molar-refractivity contribution is 6.22. The molecule has 3 rings (SSSR count). The topological polar surface area (TPSA) is 75.4 Å². The first-order chi connectivity index (χ1) is 15.7. The number of hydrogen-bond acceptors (Lipinski definition) is 4. The number of allylic oxidation sites excluding steroid dienone is 2. The lowest BCUT2D eigenvalue weighted by molar-refractivity contribution is -0.128. The molecule has 1 heterocycles. The van der Waals surface area contributed by atoms with Crippen LogP contribution in [0.25, 0.3) is 11.1 Å². The maximum Gasteiger partial charge on any atom is 0.250 e. The van der Waals surface area contributed by atoms with E-state index in [2.05, 4.69) is 32.2 Å². The monoisotopic (exact) mass is 447 g/mol. The summed E-state index contributed by atoms with van der Waals surface area (Å²) in [7, 11) is 0. The molecule has 0 aromatic heterocycles. The summed E-state index contributed by atoms with van der Waals surface area (Å²) in [6, 6.07) is 12.7. The second-order valence-electron chi connectivity index (χ2n) is 9.49. The van der Waals surface area contributed by atoms with Gasteiger partial charge in [0.1, 0.15) is 0 Å². The molecule has 0 saturated carbocycles. The van der Waals surface area contributed by atoms with E-state index < -0.39 is 12.0 Å². The molecule has 0 saturated heterocycles. The van der Waals surface area contributed by atoms with Crippen molar-refractivity contribution in [1.29, 1.82) is 0 Å². The van der Waals surface area contributed by atoms with Crippen LogP contribution in [0, 0.1) is 5.92 Å². The number of nitrogen functional groups attached to an aromatic ring is 1. The Morgan fingerprint density at radius 2 is 1.85 bits per heavy atom. The first kappa shape index (κ1) is 24.7. The van der Waals surface area contributed by atoms with Gasteiger partial charge in [0.25, 0.3) is 5.91 Å². The zero-order valence-corrected chi connectivity index (χ0v) is 20.5. The molecule has 1 aliphatic rings. The number of nitrogens with two attached hydrogens (primary N) is 1. The minimum atomic E-state index is -0.485. The largest absolute Gasteiger partial charge is 0.398 e. The van der Waals surface area contributed by atoms with Crippen molar-refractivity contribution in [3.8, 4) is 11.1 Å². The molecule has 5 heteroatoms. The fourth-order valence-corrected chi connectivity index (χ4v) is 4.44. The predicted molar refractivity (Wildman–Crippen MR) is 137 cm³/mol. The molecule has 3 atom stereocenters. The van der Waals surface area contributed by atoms with E-state index in [0.717, 1.165) is 42.5 Å². The quantitative estimate of drug-likeness (QED) is 0.404. The number of anilines is 2. The molecule has 3 N–H and O–H groups in total. The lowest BCUT2D eigenvalue weighted by Gasteiger charge is -2.27. The van der Waals surface area contributed by atoms with Gasteiger partial charge >= 0.3 is 0 Å². The van der Waals surface area contributed by atoms with E-state index in [1.165, 1.54) is 10.5 Å². The Hall–Kier alpha value is -2.92. The van der Waals surface area contributed by atoms with Gasteiger partial charge < -0.3 is 11.1 Å². The van der Waals surface area contributed by atoms with Crippen LogP contribution in [0.4, 0.5) is 11.4 Å². The third kappa shape index (κ3) is 5.53. The summed E-state index contributed by atoms with van der Waals surface area (Å²) in [6.45, 7) is 10.9. The Balaban J connectivity index is 1.78. The summed E-state index contributed by atoms with van der Waals surface area (Å²) >= 11 is 0. The van der Waals surface area contributed by atoms with Gasteiger partial charge in [-0.05, 0) is 82.7 Å². The summed E-state index contributed by atoms with van der Waals surface area (Å²) < 4.78 is 0. The summed E-state index contributed by atoms with van der Waals surface area (Å²) in [5.41, 5.74) is 11.4. The predicted octanol–water partition coefficient (Wildman–Crippen LogP) is 5.66. The number of nitrogens with zero attached hydrogens (tertiary/aromatic N) is 1. The summed E-state index contributed by atoms with van der Waals surface area (Å²) in [4.78, 5) is 28.4. The third-order valence-electron chi connectivity index (χ3n) is 6.49. The Morgan fingerprint density at radius 1 is 1.12 bits per heavy atom. The van der Waals surface area contributed by atoms with Gasteiger partial charge in [-0.1, -0.05) is 48.9 Å². The second kappa shape index (κ2) is 10.8. The molecule has 0 aliphatic carbocycles. The Labute approximate surface area is 198 Å². The number of carbonyl (C=O) groups excluding carboxylic acids is 2. The normalized spacial score (nSPS) is 16.9. The van der Waals surface area contributed by atoms with Crippen molar-refractivity contribution in [3.63, 3.8) is 0 Å². The van der Waals surface area contributed by atoms with Crippen LogP contribution in [0.5, 0.6) is 0 Å². The highest BCUT2D eigenvalue weighted by atomic mass is 16.2. The maximum absolute atomic E-state index is 13.5. The number of hydrogen-bond donors (Lipinski definition) is 2. The number of fused-ring (bicyclic) bond motifs is 3. The van der Waals surface area contributed by atoms with E-state index in [-0.39, 0.29) is 11.8 Å². The molecular weight excluding hydrogens is 410 g/mol. The van der Waals surface area contributed by atoms with E-state index in [1.807, 2.05) is 50.2 Å². The van der Waals surface area contributed by atoms with Crippen LogP contribution in [-0.2, 0) is 9.59 Å². The van der Waals surface area contributed by atoms with Crippen LogP contribution in [0.3, 0.4) is 0 Å². The smallest absolute Gasteiger partial charge is 0.250 e. The van der Waals surface area contributed by atoms with Crippen LogP contribution in [0.15, 0.2) is 54.1 Å². The molecule has 176 valence electrons. The standard InChI is InChI=1S/C28H37N3O2/c1-18(2)10-8-11-19(3)16-17-30-21(5)28(33)31-25-15-9-14-24(29)26(25)23-13-7-6-12-22(23)20(4)27(31)32/h6-7,9-10,12-15,19-21,30H,8,11,16-17,29H2,1-5H3/t19?,20?,21-/m0/s1. The van der Waals surface area contributed by atoms with E-state index >= 15 is 0 Å². The van der Waals surface area contributed by atoms with E-state index in [0.29, 0.717) is 17.3 Å². The molecule has 2 unspecified atom stereocenters. The van der Waals surface area contributed by atoms with Gasteiger partial charge in [0.15, 0.2) is 0 Å². The number of benzene rings is 2. The molecule has 2 aromatic carbocycles. The van der Waals surface area contributed by atoms with Crippen LogP contribution in [0.1, 0.15) is 65.4 Å². The minimum absolute atomic E-state index is 0.222. The summed E-state index contributed by atoms with van der Waals surface area (Å²) in [5.74, 6) is -0.353. The second-order valence-corrected chi connectivity index (χ2v) is 9.49. The Morgan fingerprint density at radius 3 is 2.58 bits per heavy atom. The molecule has 0 radical (unpaired) electrons. The van der Waals surface area contributed by atoms with Crippen molar-refractivity contribution >= 4 is 23.2 Å². The van der Waals surface area contributed by atoms with Gasteiger partial charge in [-0.3, -0.25) is 9.59 Å². The Bertz CT molecular complexity index is 1040. The highest BCUT2D eigenvalue weighted by Gasteiger charge is 2.37. The fraction of sp³-hybridized carbons (Fsp3) is 0.429. The van der Waals surface area contributed by atoms with E-state index in [4.69, 9.17) is 5.73 Å². The first-order valence-corrected chi connectivity index (χ1v) is 11.9. The van der Waals surface area contributed by atoms with Crippen molar-refractivity contribution in [1.82, 2.24) is 5.32 Å². The lowest BCUT2D eigenvalue weighted by Crippen LogP contribution is -2.49. The molecular formula is C28H37N3O2. The van der Waals surface area contributed by atoms with Crippen molar-refractivity contribution in [3.05, 3.63) is 59.7 Å². The zero-order chi connectivity index (χ0) is 24.1. The van der Waals surface area contributed by atoms with Gasteiger partial charge in [0, 0.05) is 11.3 Å². The molecule has 33 heavy (non-hydrogen) atoms. The number of nitrogens with one attached hydrogen (secondary N) is 1. The van der Waals surface area contributed by atoms with Crippen LogP contribution < -0.4 is 16.0 Å². The van der Waals surface area contributed by atoms with E-state index in [9.17, 15) is 9.59 Å². The molecule has 2 aromatic rings. The molecule has 0 bridgehead atoms. The summed E-state index contributed by atoms with van der Waals surface area (Å²) in [6.07, 6.45) is 5.45. The number of amides is 2. The molecule has 1 aliphatic heterocycles.